The summed E-state index contributed by atoms with van der Waals surface area (Å²) in [6.07, 6.45) is 3.96. The molecule has 2 amide bonds. The maximum Gasteiger partial charge on any atom is 0.338 e. The molecule has 0 spiro atoms. The lowest BCUT2D eigenvalue weighted by Crippen LogP contribution is -2.47. The number of piperidine rings is 1. The predicted octanol–water partition coefficient (Wildman–Crippen LogP) is 2.79. The zero-order valence-corrected chi connectivity index (χ0v) is 21.4. The lowest BCUT2D eigenvalue weighted by atomic mass is 10.0. The van der Waals surface area contributed by atoms with Gasteiger partial charge in [-0.05, 0) is 56.5 Å². The van der Waals surface area contributed by atoms with Crippen molar-refractivity contribution in [2.75, 3.05) is 26.3 Å². The van der Waals surface area contributed by atoms with E-state index in [1.807, 2.05) is 0 Å². The fourth-order valence-electron chi connectivity index (χ4n) is 4.30. The van der Waals surface area contributed by atoms with Gasteiger partial charge in [0.05, 0.1) is 34.6 Å². The number of hydrogen-bond donors (Lipinski definition) is 2. The number of furan rings is 1. The van der Waals surface area contributed by atoms with E-state index in [2.05, 4.69) is 10.6 Å². The first-order valence-corrected chi connectivity index (χ1v) is 13.5. The van der Waals surface area contributed by atoms with Crippen molar-refractivity contribution in [1.29, 1.82) is 0 Å². The van der Waals surface area contributed by atoms with Crippen LogP contribution in [0.5, 0.6) is 0 Å². The van der Waals surface area contributed by atoms with Gasteiger partial charge in [-0.25, -0.2) is 22.8 Å². The highest BCUT2D eigenvalue weighted by atomic mass is 32.2. The second-order valence-electron chi connectivity index (χ2n) is 8.68. The lowest BCUT2D eigenvalue weighted by Gasteiger charge is -2.27. The third-order valence-electron chi connectivity index (χ3n) is 6.21. The van der Waals surface area contributed by atoms with E-state index in [9.17, 15) is 22.8 Å². The van der Waals surface area contributed by atoms with Gasteiger partial charge < -0.3 is 24.5 Å². The van der Waals surface area contributed by atoms with Crippen molar-refractivity contribution < 1.29 is 36.7 Å². The standard InChI is InChI=1S/C25H29N3O8S/c1-3-34-24(30)21-19(26-25(31)27-22(21)20-8-7-13-35-20)15-36-23(29)18-14-17(10-9-16(18)2)37(32,33)28-11-5-4-6-12-28/h7-10,13-14,22H,3-6,11-12,15H2,1-2H3,(H2,26,27,31). The zero-order valence-electron chi connectivity index (χ0n) is 20.6. The Balaban J connectivity index is 1.60. The quantitative estimate of drug-likeness (QED) is 0.495. The van der Waals surface area contributed by atoms with Crippen LogP contribution in [0.25, 0.3) is 0 Å². The number of amides is 2. The van der Waals surface area contributed by atoms with E-state index in [1.165, 1.54) is 22.7 Å². The second-order valence-corrected chi connectivity index (χ2v) is 10.6. The minimum atomic E-state index is -3.76. The molecular formula is C25H29N3O8S. The van der Waals surface area contributed by atoms with Gasteiger partial charge >= 0.3 is 18.0 Å². The Hall–Kier alpha value is -3.64. The average molecular weight is 532 g/mol. The van der Waals surface area contributed by atoms with E-state index < -0.39 is 40.6 Å². The molecule has 0 radical (unpaired) electrons. The number of rotatable bonds is 8. The molecule has 3 heterocycles. The molecule has 1 saturated heterocycles. The van der Waals surface area contributed by atoms with Crippen LogP contribution in [0.2, 0.25) is 0 Å². The maximum atomic E-state index is 13.1. The highest BCUT2D eigenvalue weighted by Gasteiger charge is 2.36. The molecule has 1 atom stereocenters. The van der Waals surface area contributed by atoms with Gasteiger partial charge in [0.1, 0.15) is 18.4 Å². The summed E-state index contributed by atoms with van der Waals surface area (Å²) in [5.41, 5.74) is 0.651. The Labute approximate surface area is 214 Å². The summed E-state index contributed by atoms with van der Waals surface area (Å²) in [5, 5.41) is 5.11. The molecule has 2 aliphatic rings. The van der Waals surface area contributed by atoms with Crippen LogP contribution in [0.15, 0.2) is 57.2 Å². The molecule has 1 aromatic heterocycles. The highest BCUT2D eigenvalue weighted by molar-refractivity contribution is 7.89. The molecular weight excluding hydrogens is 502 g/mol. The Morgan fingerprint density at radius 2 is 1.86 bits per heavy atom. The van der Waals surface area contributed by atoms with Gasteiger partial charge in [-0.15, -0.1) is 0 Å². The Bertz CT molecular complexity index is 1310. The van der Waals surface area contributed by atoms with Gasteiger partial charge in [0.25, 0.3) is 0 Å². The number of benzene rings is 1. The second kappa shape index (κ2) is 11.2. The molecule has 11 nitrogen and oxygen atoms in total. The summed E-state index contributed by atoms with van der Waals surface area (Å²) in [6.45, 7) is 3.81. The number of ether oxygens (including phenoxy) is 2. The number of nitrogens with one attached hydrogen (secondary N) is 2. The van der Waals surface area contributed by atoms with Crippen molar-refractivity contribution in [3.05, 3.63) is 64.8 Å². The van der Waals surface area contributed by atoms with Crippen molar-refractivity contribution in [3.63, 3.8) is 0 Å². The third kappa shape index (κ3) is 5.70. The molecule has 12 heteroatoms. The molecule has 2 aromatic rings. The van der Waals surface area contributed by atoms with E-state index in [0.717, 1.165) is 19.3 Å². The molecule has 1 fully saturated rings. The molecule has 1 unspecified atom stereocenters. The van der Waals surface area contributed by atoms with Gasteiger partial charge in [0.15, 0.2) is 0 Å². The van der Waals surface area contributed by atoms with Crippen molar-refractivity contribution >= 4 is 28.0 Å². The molecule has 0 aliphatic carbocycles. The number of esters is 2. The lowest BCUT2D eigenvalue weighted by molar-refractivity contribution is -0.139. The van der Waals surface area contributed by atoms with Crippen molar-refractivity contribution in [2.45, 2.75) is 44.0 Å². The van der Waals surface area contributed by atoms with Crippen LogP contribution in [0.4, 0.5) is 4.79 Å². The molecule has 2 N–H and O–H groups in total. The highest BCUT2D eigenvalue weighted by Crippen LogP contribution is 2.29. The van der Waals surface area contributed by atoms with Gasteiger partial charge in [0, 0.05) is 13.1 Å². The summed E-state index contributed by atoms with van der Waals surface area (Å²) in [4.78, 5) is 38.1. The number of sulfonamides is 1. The number of carbonyl (C=O) groups excluding carboxylic acids is 3. The predicted molar refractivity (Wildman–Crippen MR) is 131 cm³/mol. The van der Waals surface area contributed by atoms with E-state index in [4.69, 9.17) is 13.9 Å². The SMILES string of the molecule is CCOC(=O)C1=C(COC(=O)c2cc(S(=O)(=O)N3CCCCC3)ccc2C)NC(=O)NC1c1ccco1. The molecule has 4 rings (SSSR count). The number of nitrogens with zero attached hydrogens (tertiary/aromatic N) is 1. The Morgan fingerprint density at radius 1 is 1.11 bits per heavy atom. The zero-order chi connectivity index (χ0) is 26.6. The average Bonchev–Trinajstić information content (AvgIpc) is 3.43. The van der Waals surface area contributed by atoms with E-state index in [1.54, 1.807) is 32.0 Å². The van der Waals surface area contributed by atoms with Crippen molar-refractivity contribution in [2.24, 2.45) is 0 Å². The van der Waals surface area contributed by atoms with Gasteiger partial charge in [-0.2, -0.15) is 4.31 Å². The first-order valence-electron chi connectivity index (χ1n) is 12.0. The Morgan fingerprint density at radius 3 is 2.54 bits per heavy atom. The van der Waals surface area contributed by atoms with Crippen LogP contribution in [0.1, 0.15) is 53.9 Å². The van der Waals surface area contributed by atoms with Crippen LogP contribution >= 0.6 is 0 Å². The monoisotopic (exact) mass is 531 g/mol. The van der Waals surface area contributed by atoms with Crippen molar-refractivity contribution in [3.8, 4) is 0 Å². The minimum Gasteiger partial charge on any atom is -0.467 e. The number of carbonyl (C=O) groups is 3. The van der Waals surface area contributed by atoms with E-state index in [0.29, 0.717) is 24.4 Å². The van der Waals surface area contributed by atoms with Crippen LogP contribution < -0.4 is 10.6 Å². The van der Waals surface area contributed by atoms with Crippen LogP contribution in [-0.2, 0) is 24.3 Å². The molecule has 0 saturated carbocycles. The first kappa shape index (κ1) is 26.4. The van der Waals surface area contributed by atoms with Crippen molar-refractivity contribution in [1.82, 2.24) is 14.9 Å². The minimum absolute atomic E-state index is 0.00595. The summed E-state index contributed by atoms with van der Waals surface area (Å²) in [6, 6.07) is 5.96. The van der Waals surface area contributed by atoms with Gasteiger partial charge in [-0.1, -0.05) is 12.5 Å². The normalized spacial score (nSPS) is 18.6. The summed E-state index contributed by atoms with van der Waals surface area (Å²) >= 11 is 0. The first-order chi connectivity index (χ1) is 17.7. The molecule has 2 aliphatic heterocycles. The maximum absolute atomic E-state index is 13.1. The largest absolute Gasteiger partial charge is 0.467 e. The number of urea groups is 1. The molecule has 37 heavy (non-hydrogen) atoms. The van der Waals surface area contributed by atoms with Crippen LogP contribution in [0.3, 0.4) is 0 Å². The van der Waals surface area contributed by atoms with Crippen LogP contribution in [0, 0.1) is 6.92 Å². The number of aryl methyl sites for hydroxylation is 1. The fraction of sp³-hybridized carbons (Fsp3) is 0.400. The van der Waals surface area contributed by atoms with Gasteiger partial charge in [0.2, 0.25) is 10.0 Å². The molecule has 1 aromatic carbocycles. The molecule has 198 valence electrons. The molecule has 0 bridgehead atoms. The van der Waals surface area contributed by atoms with E-state index in [-0.39, 0.29) is 28.3 Å². The smallest absolute Gasteiger partial charge is 0.338 e. The summed E-state index contributed by atoms with van der Waals surface area (Å²) < 4.78 is 43.6. The summed E-state index contributed by atoms with van der Waals surface area (Å²) in [5.74, 6) is -1.22. The third-order valence-corrected chi connectivity index (χ3v) is 8.10. The van der Waals surface area contributed by atoms with E-state index >= 15 is 0 Å². The fourth-order valence-corrected chi connectivity index (χ4v) is 5.85. The van der Waals surface area contributed by atoms with Crippen LogP contribution in [-0.4, -0.2) is 57.0 Å². The van der Waals surface area contributed by atoms with Gasteiger partial charge in [-0.3, -0.25) is 0 Å². The Kier molecular flexibility index (Phi) is 7.98. The topological polar surface area (TPSA) is 144 Å². The summed E-state index contributed by atoms with van der Waals surface area (Å²) in [7, 11) is -3.76. The number of hydrogen-bond acceptors (Lipinski definition) is 8.